The summed E-state index contributed by atoms with van der Waals surface area (Å²) in [7, 11) is 0. The van der Waals surface area contributed by atoms with Gasteiger partial charge in [0.15, 0.2) is 0 Å². The van der Waals surface area contributed by atoms with E-state index in [0.29, 0.717) is 5.91 Å². The van der Waals surface area contributed by atoms with Crippen molar-refractivity contribution in [2.45, 2.75) is 32.1 Å². The summed E-state index contributed by atoms with van der Waals surface area (Å²) < 4.78 is 0. The molecule has 2 aliphatic rings. The third-order valence-corrected chi connectivity index (χ3v) is 4.24. The molecule has 102 valence electrons. The normalized spacial score (nSPS) is 23.7. The molecule has 2 aliphatic heterocycles. The maximum atomic E-state index is 12.3. The lowest BCUT2D eigenvalue weighted by Gasteiger charge is -2.35. The van der Waals surface area contributed by atoms with E-state index in [-0.39, 0.29) is 5.92 Å². The number of carbonyl (C=O) groups is 1. The van der Waals surface area contributed by atoms with E-state index in [2.05, 4.69) is 9.80 Å². The third-order valence-electron chi connectivity index (χ3n) is 4.06. The van der Waals surface area contributed by atoms with Crippen molar-refractivity contribution in [1.82, 2.24) is 9.80 Å². The highest BCUT2D eigenvalue weighted by atomic mass is 35.5. The Bertz CT molecular complexity index is 292. The van der Waals surface area contributed by atoms with E-state index >= 15 is 0 Å². The topological polar surface area (TPSA) is 23.6 Å². The number of rotatable bonds is 3. The maximum absolute atomic E-state index is 12.3. The van der Waals surface area contributed by atoms with Crippen LogP contribution in [-0.4, -0.2) is 48.4 Å². The summed E-state index contributed by atoms with van der Waals surface area (Å²) in [5, 5.41) is 0. The molecule has 3 nitrogen and oxygen atoms in total. The van der Waals surface area contributed by atoms with Crippen molar-refractivity contribution in [2.24, 2.45) is 5.92 Å². The van der Waals surface area contributed by atoms with Gasteiger partial charge in [0.25, 0.3) is 0 Å². The molecule has 4 heteroatoms. The van der Waals surface area contributed by atoms with Crippen LogP contribution in [0, 0.1) is 5.92 Å². The zero-order chi connectivity index (χ0) is 12.8. The zero-order valence-electron chi connectivity index (χ0n) is 11.0. The smallest absolute Gasteiger partial charge is 0.225 e. The minimum atomic E-state index is 0.263. The van der Waals surface area contributed by atoms with Crippen LogP contribution in [0.25, 0.3) is 0 Å². The van der Waals surface area contributed by atoms with Gasteiger partial charge >= 0.3 is 0 Å². The Morgan fingerprint density at radius 2 is 1.78 bits per heavy atom. The lowest BCUT2D eigenvalue weighted by Crippen LogP contribution is -2.44. The number of carbonyl (C=O) groups excluding carboxylic acids is 1. The lowest BCUT2D eigenvalue weighted by atomic mass is 9.94. The van der Waals surface area contributed by atoms with Crippen LogP contribution in [0.4, 0.5) is 0 Å². The number of likely N-dealkylation sites (tertiary alicyclic amines) is 2. The SMILES string of the molecule is O=C(C1CCN(C/C=C/Cl)CC1)N1CCCCC1. The molecule has 0 aromatic carbocycles. The Hall–Kier alpha value is -0.540. The molecular formula is C14H23ClN2O. The zero-order valence-corrected chi connectivity index (χ0v) is 11.7. The fourth-order valence-corrected chi connectivity index (χ4v) is 3.00. The minimum absolute atomic E-state index is 0.263. The van der Waals surface area contributed by atoms with E-state index < -0.39 is 0 Å². The number of amides is 1. The molecule has 2 saturated heterocycles. The molecule has 0 atom stereocenters. The van der Waals surface area contributed by atoms with Gasteiger partial charge in [0.1, 0.15) is 0 Å². The first-order valence-electron chi connectivity index (χ1n) is 7.07. The largest absolute Gasteiger partial charge is 0.342 e. The van der Waals surface area contributed by atoms with Gasteiger partial charge in [0, 0.05) is 31.1 Å². The minimum Gasteiger partial charge on any atom is -0.342 e. The lowest BCUT2D eigenvalue weighted by molar-refractivity contribution is -0.137. The van der Waals surface area contributed by atoms with Crippen LogP contribution in [0.2, 0.25) is 0 Å². The van der Waals surface area contributed by atoms with Gasteiger partial charge in [-0.2, -0.15) is 0 Å². The molecule has 0 N–H and O–H groups in total. The molecular weight excluding hydrogens is 248 g/mol. The quantitative estimate of drug-likeness (QED) is 0.787. The summed E-state index contributed by atoms with van der Waals surface area (Å²) in [5.41, 5.74) is 1.57. The standard InChI is InChI=1S/C14H23ClN2O/c15-7-4-8-16-11-5-13(6-12-16)14(18)17-9-2-1-3-10-17/h4,7,13H,1-3,5-6,8-12H2/b7-4+. The predicted octanol–water partition coefficient (Wildman–Crippen LogP) is 2.46. The molecule has 1 amide bonds. The van der Waals surface area contributed by atoms with Crippen LogP contribution in [0.3, 0.4) is 0 Å². The van der Waals surface area contributed by atoms with E-state index in [1.165, 1.54) is 19.3 Å². The van der Waals surface area contributed by atoms with Gasteiger partial charge in [-0.3, -0.25) is 9.69 Å². The van der Waals surface area contributed by atoms with E-state index in [1.807, 2.05) is 6.08 Å². The summed E-state index contributed by atoms with van der Waals surface area (Å²) in [5.74, 6) is 0.668. The van der Waals surface area contributed by atoms with E-state index in [0.717, 1.165) is 45.6 Å². The molecule has 0 saturated carbocycles. The van der Waals surface area contributed by atoms with Crippen LogP contribution in [0.1, 0.15) is 32.1 Å². The Morgan fingerprint density at radius 3 is 2.39 bits per heavy atom. The number of hydrogen-bond acceptors (Lipinski definition) is 2. The summed E-state index contributed by atoms with van der Waals surface area (Å²) in [6.07, 6.45) is 7.63. The molecule has 0 bridgehead atoms. The van der Waals surface area contributed by atoms with E-state index in [9.17, 15) is 4.79 Å². The van der Waals surface area contributed by atoms with Crippen LogP contribution in [0.5, 0.6) is 0 Å². The van der Waals surface area contributed by atoms with Crippen molar-refractivity contribution in [3.63, 3.8) is 0 Å². The van der Waals surface area contributed by atoms with Crippen molar-refractivity contribution in [3.8, 4) is 0 Å². The summed E-state index contributed by atoms with van der Waals surface area (Å²) in [4.78, 5) is 16.8. The van der Waals surface area contributed by atoms with Crippen LogP contribution in [-0.2, 0) is 4.79 Å². The van der Waals surface area contributed by atoms with Gasteiger partial charge in [-0.1, -0.05) is 17.7 Å². The average molecular weight is 271 g/mol. The maximum Gasteiger partial charge on any atom is 0.225 e. The Kier molecular flexibility index (Phi) is 5.51. The Morgan fingerprint density at radius 1 is 1.11 bits per heavy atom. The molecule has 0 radical (unpaired) electrons. The van der Waals surface area contributed by atoms with Crippen molar-refractivity contribution in [1.29, 1.82) is 0 Å². The second-order valence-corrected chi connectivity index (χ2v) is 5.57. The first kappa shape index (κ1) is 13.9. The fraction of sp³-hybridized carbons (Fsp3) is 0.786. The number of nitrogens with zero attached hydrogens (tertiary/aromatic N) is 2. The van der Waals surface area contributed by atoms with Gasteiger partial charge in [0.2, 0.25) is 5.91 Å². The average Bonchev–Trinajstić information content (AvgIpc) is 2.46. The highest BCUT2D eigenvalue weighted by Crippen LogP contribution is 2.21. The highest BCUT2D eigenvalue weighted by Gasteiger charge is 2.28. The summed E-state index contributed by atoms with van der Waals surface area (Å²) in [6, 6.07) is 0. The van der Waals surface area contributed by atoms with Gasteiger partial charge in [0.05, 0.1) is 0 Å². The number of piperidine rings is 2. The Balaban J connectivity index is 1.76. The monoisotopic (exact) mass is 270 g/mol. The van der Waals surface area contributed by atoms with Gasteiger partial charge < -0.3 is 4.90 Å². The second kappa shape index (κ2) is 7.15. The molecule has 18 heavy (non-hydrogen) atoms. The highest BCUT2D eigenvalue weighted by molar-refractivity contribution is 6.25. The Labute approximate surface area is 115 Å². The summed E-state index contributed by atoms with van der Waals surface area (Å²) >= 11 is 5.53. The molecule has 0 spiro atoms. The van der Waals surface area contributed by atoms with Crippen molar-refractivity contribution < 1.29 is 4.79 Å². The molecule has 0 aromatic rings. The van der Waals surface area contributed by atoms with Gasteiger partial charge in [-0.25, -0.2) is 0 Å². The molecule has 0 unspecified atom stereocenters. The van der Waals surface area contributed by atoms with Crippen molar-refractivity contribution in [2.75, 3.05) is 32.7 Å². The van der Waals surface area contributed by atoms with Gasteiger partial charge in [-0.15, -0.1) is 0 Å². The van der Waals surface area contributed by atoms with Crippen LogP contribution >= 0.6 is 11.6 Å². The first-order valence-corrected chi connectivity index (χ1v) is 7.51. The summed E-state index contributed by atoms with van der Waals surface area (Å²) in [6.45, 7) is 4.91. The first-order chi connectivity index (χ1) is 8.81. The number of hydrogen-bond donors (Lipinski definition) is 0. The molecule has 2 heterocycles. The third kappa shape index (κ3) is 3.72. The fourth-order valence-electron chi connectivity index (χ4n) is 2.92. The van der Waals surface area contributed by atoms with Crippen LogP contribution < -0.4 is 0 Å². The number of halogens is 1. The van der Waals surface area contributed by atoms with Crippen LogP contribution in [0.15, 0.2) is 11.6 Å². The van der Waals surface area contributed by atoms with Crippen molar-refractivity contribution in [3.05, 3.63) is 11.6 Å². The molecule has 0 aromatic heterocycles. The van der Waals surface area contributed by atoms with E-state index in [4.69, 9.17) is 11.6 Å². The van der Waals surface area contributed by atoms with E-state index in [1.54, 1.807) is 5.54 Å². The molecule has 2 rings (SSSR count). The van der Waals surface area contributed by atoms with Crippen molar-refractivity contribution >= 4 is 17.5 Å². The molecule has 2 fully saturated rings. The second-order valence-electron chi connectivity index (χ2n) is 5.32. The predicted molar refractivity (Wildman–Crippen MR) is 74.6 cm³/mol. The van der Waals surface area contributed by atoms with Gasteiger partial charge in [-0.05, 0) is 45.2 Å². The molecule has 0 aliphatic carbocycles.